The summed E-state index contributed by atoms with van der Waals surface area (Å²) in [6.07, 6.45) is 0. The zero-order valence-corrected chi connectivity index (χ0v) is 13.2. The Balaban J connectivity index is 1.96. The third-order valence-corrected chi connectivity index (χ3v) is 3.54. The summed E-state index contributed by atoms with van der Waals surface area (Å²) in [4.78, 5) is 14.5. The zero-order valence-electron chi connectivity index (χ0n) is 13.2. The maximum Gasteiger partial charge on any atom is 0.176 e. The summed E-state index contributed by atoms with van der Waals surface area (Å²) in [5.74, 6) is 1.52. The van der Waals surface area contributed by atoms with E-state index < -0.39 is 0 Å². The van der Waals surface area contributed by atoms with Crippen LogP contribution in [0.15, 0.2) is 18.2 Å². The van der Waals surface area contributed by atoms with E-state index in [0.717, 1.165) is 30.0 Å². The van der Waals surface area contributed by atoms with Gasteiger partial charge >= 0.3 is 0 Å². The van der Waals surface area contributed by atoms with E-state index in [0.29, 0.717) is 32.3 Å². The number of nitrogens with zero attached hydrogens (tertiary/aromatic N) is 1. The molecule has 0 saturated carbocycles. The van der Waals surface area contributed by atoms with E-state index in [4.69, 9.17) is 9.47 Å². The fraction of sp³-hybridized carbons (Fsp3) is 0.588. The number of Topliss-reactive ketones (excluding diaryl/α,β-unsaturated/α-hetero) is 1. The number of hydrogen-bond acceptors (Lipinski definition) is 4. The first-order valence-electron chi connectivity index (χ1n) is 7.63. The lowest BCUT2D eigenvalue weighted by atomic mass is 10.1. The summed E-state index contributed by atoms with van der Waals surface area (Å²) in [6.45, 7) is 10.5. The molecule has 0 amide bonds. The highest BCUT2D eigenvalue weighted by molar-refractivity contribution is 5.98. The summed E-state index contributed by atoms with van der Waals surface area (Å²) in [6, 6.07) is 5.70. The number of rotatable bonds is 6. The smallest absolute Gasteiger partial charge is 0.176 e. The van der Waals surface area contributed by atoms with Crippen molar-refractivity contribution in [1.29, 1.82) is 0 Å². The summed E-state index contributed by atoms with van der Waals surface area (Å²) in [7, 11) is 0. The van der Waals surface area contributed by atoms with Crippen molar-refractivity contribution < 1.29 is 14.3 Å². The van der Waals surface area contributed by atoms with Crippen molar-refractivity contribution >= 4 is 5.78 Å². The van der Waals surface area contributed by atoms with Crippen LogP contribution in [-0.2, 0) is 4.74 Å². The molecule has 1 aromatic carbocycles. The summed E-state index contributed by atoms with van der Waals surface area (Å²) >= 11 is 0. The van der Waals surface area contributed by atoms with Gasteiger partial charge in [-0.2, -0.15) is 0 Å². The minimum absolute atomic E-state index is 0.162. The highest BCUT2D eigenvalue weighted by Crippen LogP contribution is 2.20. The van der Waals surface area contributed by atoms with Crippen LogP contribution >= 0.6 is 0 Å². The minimum Gasteiger partial charge on any atom is -0.493 e. The minimum atomic E-state index is 0.162. The van der Waals surface area contributed by atoms with Gasteiger partial charge in [-0.15, -0.1) is 0 Å². The average Bonchev–Trinajstić information content (AvgIpc) is 2.46. The van der Waals surface area contributed by atoms with E-state index in [1.807, 2.05) is 25.1 Å². The molecule has 2 rings (SSSR count). The van der Waals surface area contributed by atoms with Gasteiger partial charge in [0.15, 0.2) is 5.78 Å². The van der Waals surface area contributed by atoms with Crippen LogP contribution in [-0.4, -0.2) is 50.1 Å². The largest absolute Gasteiger partial charge is 0.493 e. The average molecular weight is 291 g/mol. The molecule has 1 saturated heterocycles. The molecule has 0 atom stereocenters. The molecule has 4 heteroatoms. The first kappa shape index (κ1) is 16.0. The molecule has 1 aliphatic heterocycles. The predicted molar refractivity (Wildman–Crippen MR) is 83.1 cm³/mol. The Bertz CT molecular complexity index is 479. The number of ketones is 1. The number of hydrogen-bond donors (Lipinski definition) is 0. The lowest BCUT2D eigenvalue weighted by Gasteiger charge is -2.25. The van der Waals surface area contributed by atoms with Gasteiger partial charge in [0.05, 0.1) is 26.4 Å². The molecule has 0 N–H and O–H groups in total. The van der Waals surface area contributed by atoms with Crippen molar-refractivity contribution in [2.24, 2.45) is 5.92 Å². The van der Waals surface area contributed by atoms with Crippen LogP contribution < -0.4 is 4.74 Å². The van der Waals surface area contributed by atoms with Crippen LogP contribution in [0, 0.1) is 12.8 Å². The fourth-order valence-electron chi connectivity index (χ4n) is 2.29. The Morgan fingerprint density at radius 1 is 1.33 bits per heavy atom. The first-order valence-corrected chi connectivity index (χ1v) is 7.63. The molecule has 116 valence electrons. The zero-order chi connectivity index (χ0) is 15.2. The Morgan fingerprint density at radius 2 is 2.05 bits per heavy atom. The molecule has 0 bridgehead atoms. The summed E-state index contributed by atoms with van der Waals surface area (Å²) in [5.41, 5.74) is 1.78. The van der Waals surface area contributed by atoms with Crippen molar-refractivity contribution in [2.45, 2.75) is 20.8 Å². The summed E-state index contributed by atoms with van der Waals surface area (Å²) < 4.78 is 11.0. The lowest BCUT2D eigenvalue weighted by Crippen LogP contribution is -2.39. The Kier molecular flexibility index (Phi) is 5.76. The third kappa shape index (κ3) is 4.83. The van der Waals surface area contributed by atoms with Crippen LogP contribution in [0.2, 0.25) is 0 Å². The molecule has 0 unspecified atom stereocenters. The van der Waals surface area contributed by atoms with E-state index >= 15 is 0 Å². The molecule has 1 fully saturated rings. The Labute approximate surface area is 127 Å². The fourth-order valence-corrected chi connectivity index (χ4v) is 2.29. The SMILES string of the molecule is Cc1cc(C(=O)CN2CCOCC2)ccc1OCC(C)C. The lowest BCUT2D eigenvalue weighted by molar-refractivity contribution is 0.0371. The van der Waals surface area contributed by atoms with Crippen LogP contribution in [0.4, 0.5) is 0 Å². The molecule has 0 aliphatic carbocycles. The molecule has 0 radical (unpaired) electrons. The van der Waals surface area contributed by atoms with Crippen molar-refractivity contribution in [3.63, 3.8) is 0 Å². The normalized spacial score (nSPS) is 16.2. The van der Waals surface area contributed by atoms with Crippen molar-refractivity contribution in [3.05, 3.63) is 29.3 Å². The van der Waals surface area contributed by atoms with E-state index in [2.05, 4.69) is 18.7 Å². The van der Waals surface area contributed by atoms with E-state index in [-0.39, 0.29) is 5.78 Å². The number of ether oxygens (including phenoxy) is 2. The molecule has 0 spiro atoms. The second-order valence-electron chi connectivity index (χ2n) is 6.00. The van der Waals surface area contributed by atoms with Gasteiger partial charge in [-0.3, -0.25) is 9.69 Å². The number of morpholine rings is 1. The van der Waals surface area contributed by atoms with E-state index in [1.54, 1.807) is 0 Å². The highest BCUT2D eigenvalue weighted by atomic mass is 16.5. The number of carbonyl (C=O) groups excluding carboxylic acids is 1. The van der Waals surface area contributed by atoms with Crippen LogP contribution in [0.1, 0.15) is 29.8 Å². The van der Waals surface area contributed by atoms with Gasteiger partial charge < -0.3 is 9.47 Å². The van der Waals surface area contributed by atoms with Gasteiger partial charge in [-0.1, -0.05) is 13.8 Å². The van der Waals surface area contributed by atoms with Gasteiger partial charge in [-0.25, -0.2) is 0 Å². The highest BCUT2D eigenvalue weighted by Gasteiger charge is 2.16. The number of benzene rings is 1. The van der Waals surface area contributed by atoms with Crippen LogP contribution in [0.25, 0.3) is 0 Å². The Morgan fingerprint density at radius 3 is 2.67 bits per heavy atom. The third-order valence-electron chi connectivity index (χ3n) is 3.54. The predicted octanol–water partition coefficient (Wildman–Crippen LogP) is 2.54. The van der Waals surface area contributed by atoms with Crippen molar-refractivity contribution in [3.8, 4) is 5.75 Å². The van der Waals surface area contributed by atoms with E-state index in [1.165, 1.54) is 0 Å². The van der Waals surface area contributed by atoms with E-state index in [9.17, 15) is 4.79 Å². The molecular weight excluding hydrogens is 266 g/mol. The second-order valence-corrected chi connectivity index (χ2v) is 6.00. The first-order chi connectivity index (χ1) is 10.1. The maximum atomic E-state index is 12.3. The molecular formula is C17H25NO3. The monoisotopic (exact) mass is 291 g/mol. The molecule has 21 heavy (non-hydrogen) atoms. The number of aryl methyl sites for hydroxylation is 1. The molecule has 4 nitrogen and oxygen atoms in total. The topological polar surface area (TPSA) is 38.8 Å². The van der Waals surface area contributed by atoms with Gasteiger partial charge in [0.25, 0.3) is 0 Å². The van der Waals surface area contributed by atoms with Gasteiger partial charge in [0.2, 0.25) is 0 Å². The standard InChI is InChI=1S/C17H25NO3/c1-13(2)12-21-17-5-4-15(10-14(17)3)16(19)11-18-6-8-20-9-7-18/h4-5,10,13H,6-9,11-12H2,1-3H3. The Hall–Kier alpha value is -1.39. The molecule has 0 aromatic heterocycles. The molecule has 1 aromatic rings. The quantitative estimate of drug-likeness (QED) is 0.755. The van der Waals surface area contributed by atoms with Gasteiger partial charge in [0.1, 0.15) is 5.75 Å². The second kappa shape index (κ2) is 7.57. The van der Waals surface area contributed by atoms with Crippen LogP contribution in [0.5, 0.6) is 5.75 Å². The summed E-state index contributed by atoms with van der Waals surface area (Å²) in [5, 5.41) is 0. The molecule has 1 aliphatic rings. The molecule has 1 heterocycles. The van der Waals surface area contributed by atoms with Crippen LogP contribution in [0.3, 0.4) is 0 Å². The maximum absolute atomic E-state index is 12.3. The van der Waals surface area contributed by atoms with Crippen molar-refractivity contribution in [1.82, 2.24) is 4.90 Å². The van der Waals surface area contributed by atoms with Gasteiger partial charge in [-0.05, 0) is 36.6 Å². The number of carbonyl (C=O) groups is 1. The van der Waals surface area contributed by atoms with Crippen molar-refractivity contribution in [2.75, 3.05) is 39.5 Å². The van der Waals surface area contributed by atoms with Gasteiger partial charge in [0, 0.05) is 18.7 Å².